The summed E-state index contributed by atoms with van der Waals surface area (Å²) < 4.78 is 0. The van der Waals surface area contributed by atoms with E-state index in [4.69, 9.17) is 0 Å². The lowest BCUT2D eigenvalue weighted by atomic mass is 10.1. The van der Waals surface area contributed by atoms with E-state index in [1.807, 2.05) is 18.2 Å². The van der Waals surface area contributed by atoms with Gasteiger partial charge in [0.25, 0.3) is 0 Å². The Morgan fingerprint density at radius 3 is 2.70 bits per heavy atom. The number of fused-ring (bicyclic) bond motifs is 1. The maximum absolute atomic E-state index is 4.58. The van der Waals surface area contributed by atoms with Gasteiger partial charge >= 0.3 is 0 Å². The topological polar surface area (TPSA) is 40.7 Å². The molecule has 2 N–H and O–H groups in total. The molecule has 3 aromatic rings. The van der Waals surface area contributed by atoms with Crippen LogP contribution in [-0.2, 0) is 13.0 Å². The van der Waals surface area contributed by atoms with Gasteiger partial charge in [0, 0.05) is 19.5 Å². The van der Waals surface area contributed by atoms with Crippen molar-refractivity contribution in [1.29, 1.82) is 0 Å². The summed E-state index contributed by atoms with van der Waals surface area (Å²) in [7, 11) is 0. The fraction of sp³-hybridized carbons (Fsp3) is 0.235. The first-order chi connectivity index (χ1) is 9.83. The highest BCUT2D eigenvalue weighted by molar-refractivity contribution is 5.74. The molecular weight excluding hydrogens is 246 g/mol. The Hall–Kier alpha value is -2.13. The number of nitrogens with one attached hydrogen (secondary N) is 2. The molecule has 3 rings (SSSR count). The molecule has 0 atom stereocenters. The molecule has 0 saturated carbocycles. The molecule has 3 nitrogen and oxygen atoms in total. The smallest absolute Gasteiger partial charge is 0.108 e. The van der Waals surface area contributed by atoms with E-state index < -0.39 is 0 Å². The number of nitrogens with zero attached hydrogens (tertiary/aromatic N) is 1. The number of benzene rings is 2. The molecule has 1 aromatic heterocycles. The van der Waals surface area contributed by atoms with Crippen LogP contribution in [-0.4, -0.2) is 16.5 Å². The lowest BCUT2D eigenvalue weighted by Crippen LogP contribution is -2.17. The first kappa shape index (κ1) is 12.9. The number of hydrogen-bond acceptors (Lipinski definition) is 2. The molecule has 0 unspecified atom stereocenters. The standard InChI is InChI=1S/C17H19N3/c1-13-6-2-3-7-14(13)12-18-11-10-17-19-15-8-4-5-9-16(15)20-17/h2-9,18H,10-12H2,1H3,(H,19,20). The van der Waals surface area contributed by atoms with Gasteiger partial charge in [-0.05, 0) is 30.2 Å². The van der Waals surface area contributed by atoms with Crippen LogP contribution < -0.4 is 5.32 Å². The second-order valence-corrected chi connectivity index (χ2v) is 5.05. The zero-order chi connectivity index (χ0) is 13.8. The Morgan fingerprint density at radius 2 is 1.85 bits per heavy atom. The van der Waals surface area contributed by atoms with Crippen LogP contribution in [0.5, 0.6) is 0 Å². The van der Waals surface area contributed by atoms with Crippen LogP contribution in [0.2, 0.25) is 0 Å². The summed E-state index contributed by atoms with van der Waals surface area (Å²) in [6.07, 6.45) is 0.917. The van der Waals surface area contributed by atoms with Crippen LogP contribution in [0.3, 0.4) is 0 Å². The molecule has 0 aliphatic heterocycles. The quantitative estimate of drug-likeness (QED) is 0.695. The predicted molar refractivity (Wildman–Crippen MR) is 82.7 cm³/mol. The van der Waals surface area contributed by atoms with Gasteiger partial charge in [-0.2, -0.15) is 0 Å². The van der Waals surface area contributed by atoms with Crippen LogP contribution >= 0.6 is 0 Å². The van der Waals surface area contributed by atoms with Crippen molar-refractivity contribution in [3.63, 3.8) is 0 Å². The summed E-state index contributed by atoms with van der Waals surface area (Å²) in [5.74, 6) is 1.04. The van der Waals surface area contributed by atoms with Gasteiger partial charge < -0.3 is 10.3 Å². The number of H-pyrrole nitrogens is 1. The van der Waals surface area contributed by atoms with Gasteiger partial charge in [0.15, 0.2) is 0 Å². The van der Waals surface area contributed by atoms with Gasteiger partial charge in [-0.3, -0.25) is 0 Å². The van der Waals surface area contributed by atoms with Gasteiger partial charge in [-0.1, -0.05) is 36.4 Å². The van der Waals surface area contributed by atoms with Crippen molar-refractivity contribution in [1.82, 2.24) is 15.3 Å². The van der Waals surface area contributed by atoms with Crippen molar-refractivity contribution in [3.05, 3.63) is 65.5 Å². The summed E-state index contributed by atoms with van der Waals surface area (Å²) in [6.45, 7) is 3.98. The molecule has 0 amide bonds. The molecule has 0 radical (unpaired) electrons. The van der Waals surface area contributed by atoms with E-state index in [9.17, 15) is 0 Å². The predicted octanol–water partition coefficient (Wildman–Crippen LogP) is 3.20. The minimum atomic E-state index is 0.910. The van der Waals surface area contributed by atoms with Crippen molar-refractivity contribution in [2.24, 2.45) is 0 Å². The summed E-state index contributed by atoms with van der Waals surface area (Å²) >= 11 is 0. The van der Waals surface area contributed by atoms with Gasteiger partial charge in [0.2, 0.25) is 0 Å². The molecule has 0 spiro atoms. The third-order valence-electron chi connectivity index (χ3n) is 3.55. The summed E-state index contributed by atoms with van der Waals surface area (Å²) in [6, 6.07) is 16.6. The van der Waals surface area contributed by atoms with Crippen molar-refractivity contribution < 1.29 is 0 Å². The van der Waals surface area contributed by atoms with Crippen molar-refractivity contribution in [2.75, 3.05) is 6.54 Å². The Bertz CT molecular complexity index is 667. The molecule has 0 aliphatic carbocycles. The largest absolute Gasteiger partial charge is 0.342 e. The highest BCUT2D eigenvalue weighted by Crippen LogP contribution is 2.10. The molecule has 102 valence electrons. The minimum absolute atomic E-state index is 0.910. The van der Waals surface area contributed by atoms with Crippen molar-refractivity contribution >= 4 is 11.0 Å². The van der Waals surface area contributed by atoms with Crippen LogP contribution in [0, 0.1) is 6.92 Å². The molecular formula is C17H19N3. The van der Waals surface area contributed by atoms with Gasteiger partial charge in [0.1, 0.15) is 5.82 Å². The molecule has 1 heterocycles. The van der Waals surface area contributed by atoms with Crippen LogP contribution in [0.25, 0.3) is 11.0 Å². The average molecular weight is 265 g/mol. The highest BCUT2D eigenvalue weighted by Gasteiger charge is 2.01. The summed E-state index contributed by atoms with van der Waals surface area (Å²) in [5, 5.41) is 3.48. The fourth-order valence-corrected chi connectivity index (χ4v) is 2.36. The summed E-state index contributed by atoms with van der Waals surface area (Å²) in [4.78, 5) is 7.93. The Balaban J connectivity index is 1.54. The van der Waals surface area contributed by atoms with E-state index in [-0.39, 0.29) is 0 Å². The molecule has 0 saturated heterocycles. The summed E-state index contributed by atoms with van der Waals surface area (Å²) in [5.41, 5.74) is 4.85. The number of aromatic nitrogens is 2. The Labute approximate surface area is 119 Å². The first-order valence-electron chi connectivity index (χ1n) is 7.02. The van der Waals surface area contributed by atoms with Crippen molar-refractivity contribution in [3.8, 4) is 0 Å². The van der Waals surface area contributed by atoms with E-state index in [1.54, 1.807) is 0 Å². The minimum Gasteiger partial charge on any atom is -0.342 e. The van der Waals surface area contributed by atoms with Gasteiger partial charge in [0.05, 0.1) is 11.0 Å². The van der Waals surface area contributed by atoms with Crippen LogP contribution in [0.1, 0.15) is 17.0 Å². The third kappa shape index (κ3) is 2.89. The lowest BCUT2D eigenvalue weighted by molar-refractivity contribution is 0.673. The number of hydrogen-bond donors (Lipinski definition) is 2. The lowest BCUT2D eigenvalue weighted by Gasteiger charge is -2.06. The van der Waals surface area contributed by atoms with Crippen LogP contribution in [0.4, 0.5) is 0 Å². The SMILES string of the molecule is Cc1ccccc1CNCCc1nc2ccccc2[nH]1. The zero-order valence-corrected chi connectivity index (χ0v) is 11.7. The molecule has 20 heavy (non-hydrogen) atoms. The number of aromatic amines is 1. The third-order valence-corrected chi connectivity index (χ3v) is 3.55. The van der Waals surface area contributed by atoms with Gasteiger partial charge in [-0.25, -0.2) is 4.98 Å². The average Bonchev–Trinajstić information content (AvgIpc) is 2.88. The highest BCUT2D eigenvalue weighted by atomic mass is 14.9. The van der Waals surface area contributed by atoms with E-state index in [1.165, 1.54) is 11.1 Å². The Morgan fingerprint density at radius 1 is 1.05 bits per heavy atom. The molecule has 0 aliphatic rings. The van der Waals surface area contributed by atoms with E-state index in [0.29, 0.717) is 0 Å². The second-order valence-electron chi connectivity index (χ2n) is 5.05. The van der Waals surface area contributed by atoms with E-state index >= 15 is 0 Å². The monoisotopic (exact) mass is 265 g/mol. The molecule has 3 heteroatoms. The molecule has 2 aromatic carbocycles. The molecule has 0 fully saturated rings. The number of rotatable bonds is 5. The zero-order valence-electron chi connectivity index (χ0n) is 11.7. The normalized spacial score (nSPS) is 11.1. The van der Waals surface area contributed by atoms with Crippen LogP contribution in [0.15, 0.2) is 48.5 Å². The maximum atomic E-state index is 4.58. The van der Waals surface area contributed by atoms with E-state index in [0.717, 1.165) is 36.4 Å². The Kier molecular flexibility index (Phi) is 3.79. The number of imidazole rings is 1. The van der Waals surface area contributed by atoms with Gasteiger partial charge in [-0.15, -0.1) is 0 Å². The number of aryl methyl sites for hydroxylation is 1. The fourth-order valence-electron chi connectivity index (χ4n) is 2.36. The maximum Gasteiger partial charge on any atom is 0.108 e. The second kappa shape index (κ2) is 5.88. The van der Waals surface area contributed by atoms with Crippen molar-refractivity contribution in [2.45, 2.75) is 19.9 Å². The number of para-hydroxylation sites is 2. The molecule has 0 bridgehead atoms. The first-order valence-corrected chi connectivity index (χ1v) is 7.02. The van der Waals surface area contributed by atoms with E-state index in [2.05, 4.69) is 52.5 Å².